The minimum Gasteiger partial charge on any atom is -0.504 e. The molecule has 3 nitrogen and oxygen atoms in total. The van der Waals surface area contributed by atoms with E-state index in [2.05, 4.69) is 27.5 Å². The van der Waals surface area contributed by atoms with Crippen molar-refractivity contribution in [2.45, 2.75) is 17.6 Å². The van der Waals surface area contributed by atoms with Crippen molar-refractivity contribution in [1.29, 1.82) is 0 Å². The fraction of sp³-hybridized carbons (Fsp3) is 0.167. The Morgan fingerprint density at radius 3 is 2.83 bits per heavy atom. The van der Waals surface area contributed by atoms with Gasteiger partial charge in [-0.1, -0.05) is 46.8 Å². The Bertz CT molecular complexity index is 781. The first-order chi connectivity index (χ1) is 11.5. The third-order valence-corrected chi connectivity index (χ3v) is 5.92. The SMILES string of the molecule is C=C/C=C(\C=C/CBr)c1nc(C)c(CSc2ccc(O)c(O)c2)s1. The van der Waals surface area contributed by atoms with E-state index in [-0.39, 0.29) is 11.5 Å². The van der Waals surface area contributed by atoms with E-state index < -0.39 is 0 Å². The predicted molar refractivity (Wildman–Crippen MR) is 107 cm³/mol. The van der Waals surface area contributed by atoms with Crippen LogP contribution in [0.15, 0.2) is 54.0 Å². The second-order valence-corrected chi connectivity index (χ2v) is 7.66. The summed E-state index contributed by atoms with van der Waals surface area (Å²) in [5, 5.41) is 20.7. The van der Waals surface area contributed by atoms with Crippen LogP contribution in [-0.2, 0) is 5.75 Å². The Hall–Kier alpha value is -1.50. The van der Waals surface area contributed by atoms with Crippen LogP contribution in [0.3, 0.4) is 0 Å². The molecule has 0 fully saturated rings. The highest BCUT2D eigenvalue weighted by molar-refractivity contribution is 9.09. The summed E-state index contributed by atoms with van der Waals surface area (Å²) in [6, 6.07) is 4.86. The topological polar surface area (TPSA) is 53.4 Å². The van der Waals surface area contributed by atoms with Crippen molar-refractivity contribution in [1.82, 2.24) is 4.98 Å². The number of hydrogen-bond acceptors (Lipinski definition) is 5. The summed E-state index contributed by atoms with van der Waals surface area (Å²) >= 11 is 6.64. The maximum Gasteiger partial charge on any atom is 0.158 e. The number of aromatic nitrogens is 1. The van der Waals surface area contributed by atoms with Crippen LogP contribution in [0.5, 0.6) is 11.5 Å². The van der Waals surface area contributed by atoms with Gasteiger partial charge in [-0.05, 0) is 25.1 Å². The molecule has 2 N–H and O–H groups in total. The van der Waals surface area contributed by atoms with E-state index in [1.165, 1.54) is 10.9 Å². The Balaban J connectivity index is 2.15. The van der Waals surface area contributed by atoms with Crippen LogP contribution in [-0.4, -0.2) is 20.5 Å². The summed E-state index contributed by atoms with van der Waals surface area (Å²) in [6.07, 6.45) is 7.77. The van der Waals surface area contributed by atoms with E-state index in [9.17, 15) is 10.2 Å². The summed E-state index contributed by atoms with van der Waals surface area (Å²) < 4.78 is 0. The number of halogens is 1. The van der Waals surface area contributed by atoms with Gasteiger partial charge in [0.15, 0.2) is 11.5 Å². The summed E-state index contributed by atoms with van der Waals surface area (Å²) in [5.41, 5.74) is 2.05. The van der Waals surface area contributed by atoms with Gasteiger partial charge in [-0.2, -0.15) is 0 Å². The quantitative estimate of drug-likeness (QED) is 0.260. The molecule has 2 rings (SSSR count). The number of hydrogen-bond donors (Lipinski definition) is 2. The average Bonchev–Trinajstić information content (AvgIpc) is 2.93. The van der Waals surface area contributed by atoms with E-state index in [0.29, 0.717) is 0 Å². The highest BCUT2D eigenvalue weighted by Crippen LogP contribution is 2.34. The zero-order chi connectivity index (χ0) is 17.5. The number of rotatable bonds is 7. The molecule has 1 aromatic carbocycles. The Kier molecular flexibility index (Phi) is 7.15. The molecule has 0 aliphatic rings. The maximum atomic E-state index is 9.57. The van der Waals surface area contributed by atoms with Crippen molar-refractivity contribution in [3.05, 3.63) is 64.7 Å². The van der Waals surface area contributed by atoms with Gasteiger partial charge in [0.25, 0.3) is 0 Å². The van der Waals surface area contributed by atoms with Crippen LogP contribution in [0.25, 0.3) is 5.57 Å². The Morgan fingerprint density at radius 1 is 1.38 bits per heavy atom. The summed E-state index contributed by atoms with van der Waals surface area (Å²) in [6.45, 7) is 5.77. The van der Waals surface area contributed by atoms with E-state index in [0.717, 1.165) is 32.3 Å². The van der Waals surface area contributed by atoms with Crippen molar-refractivity contribution in [3.63, 3.8) is 0 Å². The van der Waals surface area contributed by atoms with E-state index in [1.807, 2.05) is 25.2 Å². The summed E-state index contributed by atoms with van der Waals surface area (Å²) in [7, 11) is 0. The standard InChI is InChI=1S/C18H18BrNO2S2/c1-3-5-13(6-4-9-19)18-20-12(2)17(24-18)11-23-14-7-8-15(21)16(22)10-14/h3-8,10,21-22H,1,9,11H2,2H3/b6-4-,13-5+. The molecule has 0 aliphatic carbocycles. The van der Waals surface area contributed by atoms with Gasteiger partial charge >= 0.3 is 0 Å². The minimum absolute atomic E-state index is 0.0992. The first kappa shape index (κ1) is 18.8. The average molecular weight is 424 g/mol. The number of thioether (sulfide) groups is 1. The van der Waals surface area contributed by atoms with Crippen molar-refractivity contribution < 1.29 is 10.2 Å². The summed E-state index contributed by atoms with van der Waals surface area (Å²) in [5.74, 6) is 0.559. The number of nitrogens with zero attached hydrogens (tertiary/aromatic N) is 1. The molecule has 0 unspecified atom stereocenters. The van der Waals surface area contributed by atoms with Gasteiger partial charge in [-0.3, -0.25) is 0 Å². The predicted octanol–water partition coefficient (Wildman–Crippen LogP) is 5.68. The molecular weight excluding hydrogens is 406 g/mol. The lowest BCUT2D eigenvalue weighted by atomic mass is 10.2. The van der Waals surface area contributed by atoms with Crippen molar-refractivity contribution >= 4 is 44.6 Å². The first-order valence-electron chi connectivity index (χ1n) is 7.21. The van der Waals surface area contributed by atoms with Crippen LogP contribution in [0, 0.1) is 6.92 Å². The van der Waals surface area contributed by atoms with Gasteiger partial charge in [-0.25, -0.2) is 4.98 Å². The van der Waals surface area contributed by atoms with Gasteiger partial charge in [-0.15, -0.1) is 23.1 Å². The first-order valence-corrected chi connectivity index (χ1v) is 10.1. The van der Waals surface area contributed by atoms with Crippen molar-refractivity contribution in [2.24, 2.45) is 0 Å². The van der Waals surface area contributed by atoms with Crippen molar-refractivity contribution in [2.75, 3.05) is 5.33 Å². The Morgan fingerprint density at radius 2 is 2.17 bits per heavy atom. The van der Waals surface area contributed by atoms with E-state index in [4.69, 9.17) is 0 Å². The van der Waals surface area contributed by atoms with Crippen LogP contribution >= 0.6 is 39.0 Å². The lowest BCUT2D eigenvalue weighted by molar-refractivity contribution is 0.402. The number of phenols is 2. The smallest absolute Gasteiger partial charge is 0.158 e. The second kappa shape index (κ2) is 9.11. The fourth-order valence-electron chi connectivity index (χ4n) is 1.92. The minimum atomic E-state index is -0.103. The molecule has 1 aromatic heterocycles. The molecule has 6 heteroatoms. The van der Waals surface area contributed by atoms with Crippen LogP contribution in [0.2, 0.25) is 0 Å². The number of benzene rings is 1. The lowest BCUT2D eigenvalue weighted by Crippen LogP contribution is -1.82. The Labute approximate surface area is 158 Å². The second-order valence-electron chi connectivity index (χ2n) is 4.88. The molecule has 24 heavy (non-hydrogen) atoms. The van der Waals surface area contributed by atoms with Gasteiger partial charge in [0.2, 0.25) is 0 Å². The van der Waals surface area contributed by atoms with Gasteiger partial charge < -0.3 is 10.2 Å². The van der Waals surface area contributed by atoms with Crippen LogP contribution in [0.4, 0.5) is 0 Å². The molecule has 0 saturated heterocycles. The number of aryl methyl sites for hydroxylation is 1. The highest BCUT2D eigenvalue weighted by atomic mass is 79.9. The maximum absolute atomic E-state index is 9.57. The normalized spacial score (nSPS) is 12.0. The number of thiazole rings is 1. The number of allylic oxidation sites excluding steroid dienone is 5. The molecule has 0 bridgehead atoms. The van der Waals surface area contributed by atoms with Crippen LogP contribution in [0.1, 0.15) is 15.6 Å². The molecular formula is C18H18BrNO2S2. The fourth-order valence-corrected chi connectivity index (χ4v) is 4.25. The number of alkyl halides is 1. The van der Waals surface area contributed by atoms with E-state index >= 15 is 0 Å². The number of phenolic OH excluding ortho intramolecular Hbond substituents is 2. The monoisotopic (exact) mass is 423 g/mol. The molecule has 0 radical (unpaired) electrons. The zero-order valence-electron chi connectivity index (χ0n) is 13.2. The third-order valence-electron chi connectivity index (χ3n) is 3.14. The van der Waals surface area contributed by atoms with Crippen LogP contribution < -0.4 is 0 Å². The third kappa shape index (κ3) is 5.00. The molecule has 0 amide bonds. The molecule has 126 valence electrons. The molecule has 0 saturated carbocycles. The summed E-state index contributed by atoms with van der Waals surface area (Å²) in [4.78, 5) is 6.75. The molecule has 0 atom stereocenters. The molecule has 0 spiro atoms. The van der Waals surface area contributed by atoms with E-state index in [1.54, 1.807) is 41.3 Å². The van der Waals surface area contributed by atoms with Gasteiger partial charge in [0, 0.05) is 26.4 Å². The molecule has 1 heterocycles. The van der Waals surface area contributed by atoms with Crippen molar-refractivity contribution in [3.8, 4) is 11.5 Å². The lowest BCUT2D eigenvalue weighted by Gasteiger charge is -2.02. The molecule has 2 aromatic rings. The number of aromatic hydroxyl groups is 2. The van der Waals surface area contributed by atoms with Gasteiger partial charge in [0.05, 0.1) is 5.69 Å². The molecule has 0 aliphatic heterocycles. The zero-order valence-corrected chi connectivity index (χ0v) is 16.4. The largest absolute Gasteiger partial charge is 0.504 e. The highest BCUT2D eigenvalue weighted by Gasteiger charge is 2.11. The van der Waals surface area contributed by atoms with Gasteiger partial charge in [0.1, 0.15) is 5.01 Å².